The van der Waals surface area contributed by atoms with Crippen molar-refractivity contribution in [3.05, 3.63) is 71.2 Å². The molecule has 0 radical (unpaired) electrons. The molecule has 7 nitrogen and oxygen atoms in total. The van der Waals surface area contributed by atoms with Crippen LogP contribution in [0.15, 0.2) is 58.9 Å². The van der Waals surface area contributed by atoms with Crippen LogP contribution in [0.25, 0.3) is 0 Å². The van der Waals surface area contributed by atoms with Crippen molar-refractivity contribution < 1.29 is 22.3 Å². The molecule has 202 valence electrons. The van der Waals surface area contributed by atoms with E-state index in [-0.39, 0.29) is 24.4 Å². The maximum Gasteiger partial charge on any atom is 0.416 e. The first-order valence-corrected chi connectivity index (χ1v) is 12.5. The van der Waals surface area contributed by atoms with E-state index in [1.807, 2.05) is 24.0 Å². The normalized spacial score (nSPS) is 16.4. The number of aryl methyl sites for hydroxylation is 1. The molecule has 38 heavy (non-hydrogen) atoms. The van der Waals surface area contributed by atoms with Crippen LogP contribution < -0.4 is 10.2 Å². The maximum absolute atomic E-state index is 14.5. The number of nitrogens with one attached hydrogen (secondary N) is 1. The Balaban J connectivity index is 1.44. The number of morpholine rings is 1. The SMILES string of the molecule is CCc1cc(Nc2cccc(C(F)(F)F)c2)ccc1CN=Nc1ncc(F)c(N2CCOC(C(C)C)C2)n1. The molecule has 1 aromatic heterocycles. The number of halogens is 4. The molecule has 1 aliphatic heterocycles. The summed E-state index contributed by atoms with van der Waals surface area (Å²) < 4.78 is 59.3. The Morgan fingerprint density at radius 3 is 2.66 bits per heavy atom. The fourth-order valence-electron chi connectivity index (χ4n) is 4.19. The Kier molecular flexibility index (Phi) is 8.55. The van der Waals surface area contributed by atoms with Crippen molar-refractivity contribution in [3.8, 4) is 0 Å². The van der Waals surface area contributed by atoms with Gasteiger partial charge in [-0.3, -0.25) is 0 Å². The molecule has 0 amide bonds. The minimum Gasteiger partial charge on any atom is -0.374 e. The number of nitrogens with zero attached hydrogens (tertiary/aromatic N) is 5. The van der Waals surface area contributed by atoms with Gasteiger partial charge in [0.2, 0.25) is 0 Å². The lowest BCUT2D eigenvalue weighted by Gasteiger charge is -2.35. The lowest BCUT2D eigenvalue weighted by Crippen LogP contribution is -2.45. The second-order valence-corrected chi connectivity index (χ2v) is 9.38. The molecule has 1 saturated heterocycles. The predicted octanol–water partition coefficient (Wildman–Crippen LogP) is 7.09. The van der Waals surface area contributed by atoms with Crippen LogP contribution in [0.5, 0.6) is 0 Å². The zero-order valence-corrected chi connectivity index (χ0v) is 21.5. The molecular formula is C27H30F4N6O. The molecule has 0 aliphatic carbocycles. The second-order valence-electron chi connectivity index (χ2n) is 9.38. The highest BCUT2D eigenvalue weighted by Crippen LogP contribution is 2.32. The first kappa shape index (κ1) is 27.4. The zero-order valence-electron chi connectivity index (χ0n) is 21.5. The van der Waals surface area contributed by atoms with Gasteiger partial charge < -0.3 is 15.0 Å². The minimum absolute atomic E-state index is 0.0123. The molecule has 0 spiro atoms. The molecule has 11 heteroatoms. The number of benzene rings is 2. The highest BCUT2D eigenvalue weighted by molar-refractivity contribution is 5.62. The molecule has 0 bridgehead atoms. The first-order valence-electron chi connectivity index (χ1n) is 12.5. The molecular weight excluding hydrogens is 500 g/mol. The van der Waals surface area contributed by atoms with Gasteiger partial charge in [-0.25, -0.2) is 9.37 Å². The topological polar surface area (TPSA) is 75.0 Å². The van der Waals surface area contributed by atoms with E-state index >= 15 is 0 Å². The lowest BCUT2D eigenvalue weighted by molar-refractivity contribution is -0.137. The van der Waals surface area contributed by atoms with Crippen molar-refractivity contribution >= 4 is 23.1 Å². The van der Waals surface area contributed by atoms with Crippen LogP contribution in [0.3, 0.4) is 0 Å². The average Bonchev–Trinajstić information content (AvgIpc) is 2.90. The highest BCUT2D eigenvalue weighted by Gasteiger charge is 2.30. The van der Waals surface area contributed by atoms with E-state index in [9.17, 15) is 17.6 Å². The smallest absolute Gasteiger partial charge is 0.374 e. The van der Waals surface area contributed by atoms with E-state index in [4.69, 9.17) is 4.74 Å². The van der Waals surface area contributed by atoms with Gasteiger partial charge in [-0.15, -0.1) is 5.11 Å². The zero-order chi connectivity index (χ0) is 27.3. The largest absolute Gasteiger partial charge is 0.416 e. The summed E-state index contributed by atoms with van der Waals surface area (Å²) in [6.45, 7) is 7.88. The molecule has 1 fully saturated rings. The third-order valence-electron chi connectivity index (χ3n) is 6.32. The van der Waals surface area contributed by atoms with Crippen LogP contribution in [-0.4, -0.2) is 35.8 Å². The highest BCUT2D eigenvalue weighted by atomic mass is 19.4. The summed E-state index contributed by atoms with van der Waals surface area (Å²) in [4.78, 5) is 10.1. The number of hydrogen-bond acceptors (Lipinski definition) is 7. The van der Waals surface area contributed by atoms with Gasteiger partial charge in [0.1, 0.15) is 0 Å². The maximum atomic E-state index is 14.5. The number of hydrogen-bond donors (Lipinski definition) is 1. The second kappa shape index (κ2) is 11.8. The number of ether oxygens (including phenoxy) is 1. The van der Waals surface area contributed by atoms with E-state index in [2.05, 4.69) is 39.4 Å². The standard InChI is InChI=1S/C27H30F4N6O/c1-4-18-12-22(34-21-7-5-6-20(13-21)27(29,30)31)9-8-19(18)14-33-36-26-32-15-23(28)25(35-26)37-10-11-38-24(16-37)17(2)3/h5-9,12-13,15,17,24,34H,4,10-11,14,16H2,1-3H3. The third-order valence-corrected chi connectivity index (χ3v) is 6.32. The summed E-state index contributed by atoms with van der Waals surface area (Å²) in [7, 11) is 0. The van der Waals surface area contributed by atoms with Crippen LogP contribution in [-0.2, 0) is 23.9 Å². The van der Waals surface area contributed by atoms with E-state index < -0.39 is 17.6 Å². The molecule has 3 aromatic rings. The fraction of sp³-hybridized carbons (Fsp3) is 0.407. The molecule has 0 saturated carbocycles. The van der Waals surface area contributed by atoms with Crippen molar-refractivity contribution in [1.82, 2.24) is 9.97 Å². The number of rotatable bonds is 8. The number of alkyl halides is 3. The van der Waals surface area contributed by atoms with Gasteiger partial charge >= 0.3 is 6.18 Å². The summed E-state index contributed by atoms with van der Waals surface area (Å²) >= 11 is 0. The van der Waals surface area contributed by atoms with Crippen molar-refractivity contribution in [2.75, 3.05) is 29.9 Å². The van der Waals surface area contributed by atoms with Gasteiger partial charge in [0, 0.05) is 24.5 Å². The molecule has 1 atom stereocenters. The molecule has 2 heterocycles. The summed E-state index contributed by atoms with van der Waals surface area (Å²) in [5.41, 5.74) is 2.17. The van der Waals surface area contributed by atoms with Crippen LogP contribution in [0.1, 0.15) is 37.5 Å². The number of aromatic nitrogens is 2. The summed E-state index contributed by atoms with van der Waals surface area (Å²) in [5, 5.41) is 11.4. The van der Waals surface area contributed by atoms with Gasteiger partial charge in [-0.2, -0.15) is 23.3 Å². The van der Waals surface area contributed by atoms with Crippen molar-refractivity contribution in [1.29, 1.82) is 0 Å². The molecule has 1 unspecified atom stereocenters. The fourth-order valence-corrected chi connectivity index (χ4v) is 4.19. The molecule has 2 aromatic carbocycles. The van der Waals surface area contributed by atoms with Crippen molar-refractivity contribution in [3.63, 3.8) is 0 Å². The van der Waals surface area contributed by atoms with Crippen LogP contribution >= 0.6 is 0 Å². The Morgan fingerprint density at radius 1 is 1.13 bits per heavy atom. The van der Waals surface area contributed by atoms with Gasteiger partial charge in [-0.1, -0.05) is 32.9 Å². The van der Waals surface area contributed by atoms with Gasteiger partial charge in [-0.05, 0) is 53.8 Å². The summed E-state index contributed by atoms with van der Waals surface area (Å²) in [6, 6.07) is 10.6. The molecule has 4 rings (SSSR count). The van der Waals surface area contributed by atoms with Crippen LogP contribution in [0, 0.1) is 11.7 Å². The number of azo groups is 1. The molecule has 1 N–H and O–H groups in total. The van der Waals surface area contributed by atoms with Gasteiger partial charge in [0.25, 0.3) is 5.95 Å². The quantitative estimate of drug-likeness (QED) is 0.249. The molecule has 1 aliphatic rings. The Hall–Kier alpha value is -3.60. The van der Waals surface area contributed by atoms with E-state index in [0.717, 1.165) is 29.5 Å². The number of anilines is 3. The van der Waals surface area contributed by atoms with E-state index in [1.54, 1.807) is 12.1 Å². The third kappa shape index (κ3) is 6.83. The van der Waals surface area contributed by atoms with Crippen molar-refractivity contribution in [2.24, 2.45) is 16.1 Å². The summed E-state index contributed by atoms with van der Waals surface area (Å²) in [6.07, 6.45) is -2.63. The lowest BCUT2D eigenvalue weighted by atomic mass is 10.0. The van der Waals surface area contributed by atoms with Gasteiger partial charge in [0.05, 0.1) is 31.0 Å². The minimum atomic E-state index is -4.41. The summed E-state index contributed by atoms with van der Waals surface area (Å²) in [5.74, 6) is 0.0174. The average molecular weight is 531 g/mol. The predicted molar refractivity (Wildman–Crippen MR) is 138 cm³/mol. The van der Waals surface area contributed by atoms with E-state index in [1.165, 1.54) is 6.07 Å². The first-order chi connectivity index (χ1) is 18.1. The van der Waals surface area contributed by atoms with E-state index in [0.29, 0.717) is 43.4 Å². The Bertz CT molecular complexity index is 1280. The van der Waals surface area contributed by atoms with Crippen LogP contribution in [0.2, 0.25) is 0 Å². The Labute approximate surface area is 219 Å². The van der Waals surface area contributed by atoms with Crippen LogP contribution in [0.4, 0.5) is 40.7 Å². The monoisotopic (exact) mass is 530 g/mol. The van der Waals surface area contributed by atoms with Gasteiger partial charge in [0.15, 0.2) is 11.6 Å². The van der Waals surface area contributed by atoms with Crippen molar-refractivity contribution in [2.45, 2.75) is 46.0 Å². The Morgan fingerprint density at radius 2 is 1.92 bits per heavy atom.